The lowest BCUT2D eigenvalue weighted by atomic mass is 10.3. The van der Waals surface area contributed by atoms with Crippen LogP contribution in [0.5, 0.6) is 0 Å². The van der Waals surface area contributed by atoms with E-state index in [1.807, 2.05) is 0 Å². The number of carbonyl (C=O) groups is 1. The van der Waals surface area contributed by atoms with Crippen molar-refractivity contribution in [1.82, 2.24) is 24.1 Å². The summed E-state index contributed by atoms with van der Waals surface area (Å²) in [5.74, 6) is -2.28. The third kappa shape index (κ3) is 3.28. The average Bonchev–Trinajstić information content (AvgIpc) is 3.40. The molecule has 0 atom stereocenters. The van der Waals surface area contributed by atoms with Crippen molar-refractivity contribution in [2.45, 2.75) is 19.4 Å². The number of hydrogen-bond acceptors (Lipinski definition) is 7. The molecule has 1 amide bonds. The summed E-state index contributed by atoms with van der Waals surface area (Å²) in [6.45, 7) is 1.44. The second-order valence-corrected chi connectivity index (χ2v) is 7.91. The van der Waals surface area contributed by atoms with E-state index in [1.54, 1.807) is 0 Å². The maximum Gasteiger partial charge on any atom is 0.352 e. The van der Waals surface area contributed by atoms with Crippen molar-refractivity contribution in [1.29, 1.82) is 0 Å². The molecule has 4 heterocycles. The van der Waals surface area contributed by atoms with Crippen LogP contribution in [0.1, 0.15) is 12.8 Å². The maximum atomic E-state index is 13.3. The van der Waals surface area contributed by atoms with E-state index in [1.165, 1.54) is 22.1 Å². The lowest BCUT2D eigenvalue weighted by Crippen LogP contribution is -2.28. The molecule has 0 unspecified atom stereocenters. The van der Waals surface area contributed by atoms with Gasteiger partial charge in [-0.3, -0.25) is 4.79 Å². The number of nitrogens with zero attached hydrogens (tertiary/aromatic N) is 6. The van der Waals surface area contributed by atoms with E-state index in [-0.39, 0.29) is 5.69 Å². The van der Waals surface area contributed by atoms with Gasteiger partial charge in [0.25, 0.3) is 0 Å². The van der Waals surface area contributed by atoms with E-state index in [9.17, 15) is 18.4 Å². The van der Waals surface area contributed by atoms with Crippen LogP contribution in [0.25, 0.3) is 16.0 Å². The lowest BCUT2D eigenvalue weighted by molar-refractivity contribution is -0.117. The van der Waals surface area contributed by atoms with Gasteiger partial charge in [0.15, 0.2) is 16.4 Å². The number of hydrogen-bond donors (Lipinski definition) is 1. The number of nitrogens with one attached hydrogen (secondary N) is 1. The summed E-state index contributed by atoms with van der Waals surface area (Å²) in [5, 5.41) is 7.46. The normalized spacial score (nSPS) is 14.1. The highest BCUT2D eigenvalue weighted by molar-refractivity contribution is 7.22. The fourth-order valence-corrected chi connectivity index (χ4v) is 4.48. The summed E-state index contributed by atoms with van der Waals surface area (Å²) < 4.78 is 29.5. The molecule has 12 heteroatoms. The summed E-state index contributed by atoms with van der Waals surface area (Å²) in [7, 11) is 0. The first kappa shape index (κ1) is 18.6. The molecule has 5 rings (SSSR count). The molecule has 154 valence electrons. The quantitative estimate of drug-likeness (QED) is 0.531. The summed E-state index contributed by atoms with van der Waals surface area (Å²) >= 11 is 1.40. The Kier molecular flexibility index (Phi) is 4.42. The molecule has 0 aliphatic carbocycles. The Hall–Kier alpha value is -3.41. The number of benzene rings is 1. The molecule has 1 saturated heterocycles. The van der Waals surface area contributed by atoms with Crippen LogP contribution in [0.3, 0.4) is 0 Å². The van der Waals surface area contributed by atoms with Crippen LogP contribution in [-0.4, -0.2) is 43.1 Å². The average molecular weight is 431 g/mol. The summed E-state index contributed by atoms with van der Waals surface area (Å²) in [5.41, 5.74) is 0.260. The number of fused-ring (bicyclic) bond motifs is 3. The van der Waals surface area contributed by atoms with Gasteiger partial charge in [-0.1, -0.05) is 11.3 Å². The van der Waals surface area contributed by atoms with Gasteiger partial charge in [-0.25, -0.2) is 27.6 Å². The van der Waals surface area contributed by atoms with Crippen molar-refractivity contribution in [3.05, 3.63) is 46.6 Å². The van der Waals surface area contributed by atoms with Crippen molar-refractivity contribution in [3.63, 3.8) is 0 Å². The van der Waals surface area contributed by atoms with Crippen molar-refractivity contribution in [2.24, 2.45) is 0 Å². The molecule has 1 fully saturated rings. The molecule has 0 bridgehead atoms. The first-order valence-corrected chi connectivity index (χ1v) is 10.1. The smallest absolute Gasteiger partial charge is 0.348 e. The van der Waals surface area contributed by atoms with E-state index in [2.05, 4.69) is 25.3 Å². The first-order valence-electron chi connectivity index (χ1n) is 9.23. The topological polar surface area (TPSA) is 97.4 Å². The zero-order valence-corrected chi connectivity index (χ0v) is 16.3. The Morgan fingerprint density at radius 3 is 2.63 bits per heavy atom. The molecule has 0 radical (unpaired) electrons. The second kappa shape index (κ2) is 7.13. The van der Waals surface area contributed by atoms with E-state index < -0.39 is 29.8 Å². The Balaban J connectivity index is 1.45. The number of rotatable bonds is 4. The highest BCUT2D eigenvalue weighted by Crippen LogP contribution is 2.31. The van der Waals surface area contributed by atoms with Crippen LogP contribution in [0.4, 0.5) is 19.6 Å². The Morgan fingerprint density at radius 1 is 1.17 bits per heavy atom. The molecule has 1 aromatic carbocycles. The van der Waals surface area contributed by atoms with Gasteiger partial charge >= 0.3 is 5.69 Å². The van der Waals surface area contributed by atoms with Gasteiger partial charge < -0.3 is 10.2 Å². The Labute approximate surface area is 171 Å². The number of carbonyl (C=O) groups excluding carboxylic acids is 1. The van der Waals surface area contributed by atoms with Crippen LogP contribution in [0, 0.1) is 11.6 Å². The van der Waals surface area contributed by atoms with E-state index >= 15 is 0 Å². The minimum absolute atomic E-state index is 0.0453. The lowest BCUT2D eigenvalue weighted by Gasteiger charge is -2.11. The fraction of sp³-hybridized carbons (Fsp3) is 0.278. The van der Waals surface area contributed by atoms with E-state index in [0.29, 0.717) is 22.1 Å². The molecule has 0 saturated carbocycles. The first-order chi connectivity index (χ1) is 14.5. The Bertz CT molecular complexity index is 1320. The van der Waals surface area contributed by atoms with Gasteiger partial charge in [-0.15, -0.1) is 5.10 Å². The minimum atomic E-state index is -0.817. The van der Waals surface area contributed by atoms with Crippen molar-refractivity contribution >= 4 is 44.1 Å². The number of amides is 1. The van der Waals surface area contributed by atoms with Crippen molar-refractivity contribution in [2.75, 3.05) is 23.3 Å². The second-order valence-electron chi connectivity index (χ2n) is 6.93. The van der Waals surface area contributed by atoms with Gasteiger partial charge in [-0.2, -0.15) is 4.98 Å². The molecule has 30 heavy (non-hydrogen) atoms. The Morgan fingerprint density at radius 2 is 1.90 bits per heavy atom. The number of halogens is 2. The molecule has 3 aromatic heterocycles. The van der Waals surface area contributed by atoms with Gasteiger partial charge in [-0.05, 0) is 25.0 Å². The van der Waals surface area contributed by atoms with Crippen LogP contribution in [0.15, 0.2) is 29.3 Å². The van der Waals surface area contributed by atoms with E-state index in [4.69, 9.17) is 0 Å². The predicted molar refractivity (Wildman–Crippen MR) is 107 cm³/mol. The van der Waals surface area contributed by atoms with Crippen LogP contribution in [0.2, 0.25) is 0 Å². The SMILES string of the molecule is O=C(Cn1nc2c3sc(N4CCCC4)nc3ncn2c1=O)Nc1cc(F)cc(F)c1. The van der Waals surface area contributed by atoms with Crippen LogP contribution < -0.4 is 15.9 Å². The molecule has 4 aromatic rings. The summed E-state index contributed by atoms with van der Waals surface area (Å²) in [6.07, 6.45) is 3.55. The van der Waals surface area contributed by atoms with Crippen LogP contribution in [-0.2, 0) is 11.3 Å². The molecule has 1 aliphatic rings. The van der Waals surface area contributed by atoms with Gasteiger partial charge in [0.05, 0.1) is 0 Å². The van der Waals surface area contributed by atoms with Crippen molar-refractivity contribution in [3.8, 4) is 0 Å². The van der Waals surface area contributed by atoms with E-state index in [0.717, 1.165) is 47.9 Å². The van der Waals surface area contributed by atoms with Gasteiger partial charge in [0.2, 0.25) is 5.91 Å². The standard InChI is InChI=1S/C18H15F2N7O2S/c19-10-5-11(20)7-12(6-10)22-13(28)8-27-18(29)26-9-21-15-14(16(26)24-27)30-17(23-15)25-3-1-2-4-25/h5-7,9H,1-4,8H2,(H,22,28). The fourth-order valence-electron chi connectivity index (χ4n) is 3.44. The monoisotopic (exact) mass is 431 g/mol. The predicted octanol–water partition coefficient (Wildman–Crippen LogP) is 2.02. The van der Waals surface area contributed by atoms with Gasteiger partial charge in [0, 0.05) is 24.8 Å². The largest absolute Gasteiger partial charge is 0.352 e. The third-order valence-electron chi connectivity index (χ3n) is 4.78. The number of anilines is 2. The zero-order chi connectivity index (χ0) is 20.8. The minimum Gasteiger partial charge on any atom is -0.348 e. The maximum absolute atomic E-state index is 13.3. The van der Waals surface area contributed by atoms with Crippen LogP contribution >= 0.6 is 11.3 Å². The number of thiazole rings is 1. The zero-order valence-electron chi connectivity index (χ0n) is 15.5. The van der Waals surface area contributed by atoms with Crippen molar-refractivity contribution < 1.29 is 13.6 Å². The third-order valence-corrected chi connectivity index (χ3v) is 5.88. The molecule has 0 spiro atoms. The molecule has 1 aliphatic heterocycles. The molecule has 9 nitrogen and oxygen atoms in total. The summed E-state index contributed by atoms with van der Waals surface area (Å²) in [6, 6.07) is 2.67. The van der Waals surface area contributed by atoms with Gasteiger partial charge in [0.1, 0.15) is 29.2 Å². The summed E-state index contributed by atoms with van der Waals surface area (Å²) in [4.78, 5) is 35.9. The highest BCUT2D eigenvalue weighted by atomic mass is 32.1. The number of aromatic nitrogens is 5. The molecular formula is C18H15F2N7O2S. The molecule has 1 N–H and O–H groups in total. The molecular weight excluding hydrogens is 416 g/mol. The highest BCUT2D eigenvalue weighted by Gasteiger charge is 2.20.